The molecule has 0 saturated heterocycles. The summed E-state index contributed by atoms with van der Waals surface area (Å²) in [4.78, 5) is 0. The maximum Gasteiger partial charge on any atom is 0.0825 e. The fourth-order valence-electron chi connectivity index (χ4n) is 1.69. The van der Waals surface area contributed by atoms with Crippen molar-refractivity contribution in [1.29, 1.82) is 0 Å². The molecule has 0 aliphatic rings. The van der Waals surface area contributed by atoms with Crippen LogP contribution in [-0.4, -0.2) is 10.2 Å². The number of hydrogen-bond donors (Lipinski definition) is 3. The molecule has 1 aromatic heterocycles. The fraction of sp³-hybridized carbons (Fsp3) is 0.250. The molecular formula is C12H16N4. The summed E-state index contributed by atoms with van der Waals surface area (Å²) in [5.41, 5.74) is 10.9. The van der Waals surface area contributed by atoms with Crippen molar-refractivity contribution in [3.8, 4) is 0 Å². The zero-order valence-electron chi connectivity index (χ0n) is 9.54. The van der Waals surface area contributed by atoms with Gasteiger partial charge < -0.3 is 11.1 Å². The van der Waals surface area contributed by atoms with Crippen LogP contribution in [0.15, 0.2) is 24.3 Å². The topological polar surface area (TPSA) is 66.7 Å². The van der Waals surface area contributed by atoms with E-state index in [4.69, 9.17) is 5.73 Å². The molecule has 0 spiro atoms. The van der Waals surface area contributed by atoms with E-state index in [1.54, 1.807) is 0 Å². The number of para-hydroxylation sites is 1. The van der Waals surface area contributed by atoms with E-state index in [-0.39, 0.29) is 0 Å². The van der Waals surface area contributed by atoms with Gasteiger partial charge in [0.15, 0.2) is 0 Å². The van der Waals surface area contributed by atoms with Crippen LogP contribution < -0.4 is 11.1 Å². The number of H-pyrrole nitrogens is 1. The summed E-state index contributed by atoms with van der Waals surface area (Å²) in [7, 11) is 0. The zero-order chi connectivity index (χ0) is 11.5. The highest BCUT2D eigenvalue weighted by molar-refractivity contribution is 5.54. The molecule has 2 rings (SSSR count). The minimum atomic E-state index is 0.716. The third kappa shape index (κ3) is 2.00. The second-order valence-corrected chi connectivity index (χ2v) is 3.86. The number of anilines is 2. The molecule has 1 heterocycles. The van der Waals surface area contributed by atoms with Gasteiger partial charge in [0.1, 0.15) is 0 Å². The van der Waals surface area contributed by atoms with E-state index in [9.17, 15) is 0 Å². The Bertz CT molecular complexity index is 468. The van der Waals surface area contributed by atoms with Gasteiger partial charge >= 0.3 is 0 Å². The molecule has 0 fully saturated rings. The fourth-order valence-corrected chi connectivity index (χ4v) is 1.69. The van der Waals surface area contributed by atoms with Crippen LogP contribution in [0, 0.1) is 13.8 Å². The van der Waals surface area contributed by atoms with Crippen LogP contribution in [0.25, 0.3) is 0 Å². The van der Waals surface area contributed by atoms with Crippen LogP contribution in [0.3, 0.4) is 0 Å². The number of hydrogen-bond acceptors (Lipinski definition) is 3. The van der Waals surface area contributed by atoms with E-state index in [1.165, 1.54) is 0 Å². The quantitative estimate of drug-likeness (QED) is 0.689. The molecule has 84 valence electrons. The lowest BCUT2D eigenvalue weighted by atomic mass is 10.2. The molecule has 0 aliphatic carbocycles. The summed E-state index contributed by atoms with van der Waals surface area (Å²) in [6.45, 7) is 4.69. The molecule has 0 amide bonds. The number of benzene rings is 1. The van der Waals surface area contributed by atoms with E-state index in [0.29, 0.717) is 6.54 Å². The minimum Gasteiger partial charge on any atom is -0.398 e. The van der Waals surface area contributed by atoms with E-state index in [1.807, 2.05) is 38.1 Å². The SMILES string of the molecule is Cc1n[nH]c(C)c1NCc1ccccc1N. The number of nitrogens with one attached hydrogen (secondary N) is 2. The van der Waals surface area contributed by atoms with Crippen molar-refractivity contribution in [2.45, 2.75) is 20.4 Å². The highest BCUT2D eigenvalue weighted by Crippen LogP contribution is 2.18. The van der Waals surface area contributed by atoms with Gasteiger partial charge in [0.2, 0.25) is 0 Å². The molecule has 4 heteroatoms. The van der Waals surface area contributed by atoms with E-state index in [0.717, 1.165) is 28.3 Å². The lowest BCUT2D eigenvalue weighted by molar-refractivity contribution is 1.02. The summed E-state index contributed by atoms with van der Waals surface area (Å²) in [5.74, 6) is 0. The average Bonchev–Trinajstić information content (AvgIpc) is 2.58. The second-order valence-electron chi connectivity index (χ2n) is 3.86. The third-order valence-electron chi connectivity index (χ3n) is 2.64. The Hall–Kier alpha value is -1.97. The van der Waals surface area contributed by atoms with Crippen molar-refractivity contribution >= 4 is 11.4 Å². The minimum absolute atomic E-state index is 0.716. The Labute approximate surface area is 94.9 Å². The summed E-state index contributed by atoms with van der Waals surface area (Å²) < 4.78 is 0. The summed E-state index contributed by atoms with van der Waals surface area (Å²) in [6.07, 6.45) is 0. The molecule has 4 N–H and O–H groups in total. The summed E-state index contributed by atoms with van der Waals surface area (Å²) in [5, 5.41) is 10.4. The molecule has 2 aromatic rings. The Morgan fingerprint density at radius 3 is 2.69 bits per heavy atom. The van der Waals surface area contributed by atoms with Gasteiger partial charge in [-0.05, 0) is 25.5 Å². The van der Waals surface area contributed by atoms with E-state index < -0.39 is 0 Å². The van der Waals surface area contributed by atoms with Gasteiger partial charge in [0.25, 0.3) is 0 Å². The largest absolute Gasteiger partial charge is 0.398 e. The van der Waals surface area contributed by atoms with Crippen molar-refractivity contribution in [3.63, 3.8) is 0 Å². The zero-order valence-corrected chi connectivity index (χ0v) is 9.54. The first-order valence-corrected chi connectivity index (χ1v) is 5.27. The highest BCUT2D eigenvalue weighted by atomic mass is 15.1. The van der Waals surface area contributed by atoms with Crippen molar-refractivity contribution in [2.24, 2.45) is 0 Å². The predicted molar refractivity (Wildman–Crippen MR) is 66.2 cm³/mol. The van der Waals surface area contributed by atoms with Crippen LogP contribution in [0.2, 0.25) is 0 Å². The molecule has 0 saturated carbocycles. The monoisotopic (exact) mass is 216 g/mol. The predicted octanol–water partition coefficient (Wildman–Crippen LogP) is 2.22. The molecular weight excluding hydrogens is 200 g/mol. The van der Waals surface area contributed by atoms with Crippen molar-refractivity contribution in [1.82, 2.24) is 10.2 Å². The van der Waals surface area contributed by atoms with Crippen LogP contribution in [0.4, 0.5) is 11.4 Å². The van der Waals surface area contributed by atoms with Gasteiger partial charge in [0, 0.05) is 12.2 Å². The first kappa shape index (κ1) is 10.5. The molecule has 0 aliphatic heterocycles. The second kappa shape index (κ2) is 4.26. The Balaban J connectivity index is 2.11. The van der Waals surface area contributed by atoms with Crippen LogP contribution in [0.1, 0.15) is 17.0 Å². The molecule has 0 radical (unpaired) electrons. The van der Waals surface area contributed by atoms with Gasteiger partial charge in [-0.1, -0.05) is 18.2 Å². The molecule has 0 unspecified atom stereocenters. The maximum absolute atomic E-state index is 5.87. The molecule has 0 bridgehead atoms. The van der Waals surface area contributed by atoms with Gasteiger partial charge in [-0.25, -0.2) is 0 Å². The van der Waals surface area contributed by atoms with Gasteiger partial charge in [-0.2, -0.15) is 5.10 Å². The molecule has 4 nitrogen and oxygen atoms in total. The number of aromatic nitrogens is 2. The average molecular weight is 216 g/mol. The number of aromatic amines is 1. The van der Waals surface area contributed by atoms with Crippen molar-refractivity contribution in [3.05, 3.63) is 41.2 Å². The number of nitrogen functional groups attached to an aromatic ring is 1. The normalized spacial score (nSPS) is 10.4. The summed E-state index contributed by atoms with van der Waals surface area (Å²) in [6, 6.07) is 7.86. The van der Waals surface area contributed by atoms with Crippen LogP contribution in [0.5, 0.6) is 0 Å². The third-order valence-corrected chi connectivity index (χ3v) is 2.64. The number of nitrogens with zero attached hydrogens (tertiary/aromatic N) is 1. The first-order chi connectivity index (χ1) is 7.68. The summed E-state index contributed by atoms with van der Waals surface area (Å²) >= 11 is 0. The maximum atomic E-state index is 5.87. The lowest BCUT2D eigenvalue weighted by Crippen LogP contribution is -2.03. The number of aryl methyl sites for hydroxylation is 2. The van der Waals surface area contributed by atoms with E-state index in [2.05, 4.69) is 15.5 Å². The Kier molecular flexibility index (Phi) is 2.81. The van der Waals surface area contributed by atoms with Crippen molar-refractivity contribution < 1.29 is 0 Å². The van der Waals surface area contributed by atoms with Crippen LogP contribution in [-0.2, 0) is 6.54 Å². The van der Waals surface area contributed by atoms with Gasteiger partial charge in [-0.15, -0.1) is 0 Å². The van der Waals surface area contributed by atoms with E-state index >= 15 is 0 Å². The Morgan fingerprint density at radius 2 is 2.06 bits per heavy atom. The van der Waals surface area contributed by atoms with Gasteiger partial charge in [0.05, 0.1) is 17.1 Å². The molecule has 1 aromatic carbocycles. The lowest BCUT2D eigenvalue weighted by Gasteiger charge is -2.08. The first-order valence-electron chi connectivity index (χ1n) is 5.27. The number of rotatable bonds is 3. The molecule has 16 heavy (non-hydrogen) atoms. The number of nitrogens with two attached hydrogens (primary N) is 1. The highest BCUT2D eigenvalue weighted by Gasteiger charge is 2.05. The standard InChI is InChI=1S/C12H16N4/c1-8-12(9(2)16-15-8)14-7-10-5-3-4-6-11(10)13/h3-6,14H,7,13H2,1-2H3,(H,15,16). The Morgan fingerprint density at radius 1 is 1.31 bits per heavy atom. The smallest absolute Gasteiger partial charge is 0.0825 e. The van der Waals surface area contributed by atoms with Crippen LogP contribution >= 0.6 is 0 Å². The van der Waals surface area contributed by atoms with Crippen molar-refractivity contribution in [2.75, 3.05) is 11.1 Å². The van der Waals surface area contributed by atoms with Gasteiger partial charge in [-0.3, -0.25) is 5.10 Å². The molecule has 0 atom stereocenters.